The lowest BCUT2D eigenvalue weighted by atomic mass is 9.81. The van der Waals surface area contributed by atoms with Gasteiger partial charge in [0.25, 0.3) is 0 Å². The number of nitrogens with two attached hydrogens (primary N) is 1. The summed E-state index contributed by atoms with van der Waals surface area (Å²) in [5.74, 6) is 0.731. The third kappa shape index (κ3) is 2.85. The van der Waals surface area contributed by atoms with E-state index >= 15 is 0 Å². The van der Waals surface area contributed by atoms with Crippen LogP contribution >= 0.6 is 0 Å². The summed E-state index contributed by atoms with van der Waals surface area (Å²) in [6, 6.07) is 0.790. The molecule has 0 amide bonds. The van der Waals surface area contributed by atoms with E-state index in [0.717, 1.165) is 18.5 Å². The van der Waals surface area contributed by atoms with Crippen molar-refractivity contribution >= 4 is 0 Å². The molecule has 19 heavy (non-hydrogen) atoms. The van der Waals surface area contributed by atoms with Crippen LogP contribution in [-0.2, 0) is 0 Å². The maximum Gasteiger partial charge on any atom is 0.0365 e. The molecule has 112 valence electrons. The lowest BCUT2D eigenvalue weighted by Crippen LogP contribution is -2.59. The Morgan fingerprint density at radius 1 is 1.16 bits per heavy atom. The summed E-state index contributed by atoms with van der Waals surface area (Å²) < 4.78 is 0. The van der Waals surface area contributed by atoms with Crippen molar-refractivity contribution in [3.8, 4) is 0 Å². The largest absolute Gasteiger partial charge is 0.329 e. The fraction of sp³-hybridized carbons (Fsp3) is 1.00. The van der Waals surface area contributed by atoms with Gasteiger partial charge in [0, 0.05) is 18.1 Å². The maximum absolute atomic E-state index is 6.32. The number of rotatable bonds is 4. The summed E-state index contributed by atoms with van der Waals surface area (Å²) >= 11 is 0. The molecular weight excluding hydrogens is 232 g/mol. The Hall–Kier alpha value is -0.0800. The standard InChI is InChI=1S/C17H34N2/c1-5-19(15-9-7-6-8-10-15)17(13-18)12-16(3,4)11-14(17)2/h14-15H,5-13,18H2,1-4H3. The highest BCUT2D eigenvalue weighted by molar-refractivity contribution is 5.07. The normalized spacial score (nSPS) is 36.0. The second kappa shape index (κ2) is 5.73. The average Bonchev–Trinajstić information content (AvgIpc) is 2.62. The van der Waals surface area contributed by atoms with Gasteiger partial charge in [-0.3, -0.25) is 4.90 Å². The summed E-state index contributed by atoms with van der Waals surface area (Å²) in [5.41, 5.74) is 7.05. The zero-order chi connectivity index (χ0) is 14.1. The summed E-state index contributed by atoms with van der Waals surface area (Å²) in [6.45, 7) is 11.6. The molecule has 2 unspecified atom stereocenters. The Bertz CT molecular complexity index is 294. The van der Waals surface area contributed by atoms with Crippen LogP contribution in [0.5, 0.6) is 0 Å². The van der Waals surface area contributed by atoms with Crippen LogP contribution in [0.25, 0.3) is 0 Å². The van der Waals surface area contributed by atoms with Crippen molar-refractivity contribution in [2.45, 2.75) is 84.2 Å². The maximum atomic E-state index is 6.32. The van der Waals surface area contributed by atoms with E-state index in [1.54, 1.807) is 0 Å². The second-order valence-corrected chi connectivity index (χ2v) is 7.83. The fourth-order valence-corrected chi connectivity index (χ4v) is 5.20. The molecule has 0 aromatic carbocycles. The highest BCUT2D eigenvalue weighted by Gasteiger charge is 2.52. The van der Waals surface area contributed by atoms with Gasteiger partial charge in [0.2, 0.25) is 0 Å². The molecular formula is C17H34N2. The van der Waals surface area contributed by atoms with Gasteiger partial charge in [0.05, 0.1) is 0 Å². The summed E-state index contributed by atoms with van der Waals surface area (Å²) in [6.07, 6.45) is 9.66. The minimum Gasteiger partial charge on any atom is -0.329 e. The lowest BCUT2D eigenvalue weighted by molar-refractivity contribution is 0.00927. The van der Waals surface area contributed by atoms with Gasteiger partial charge >= 0.3 is 0 Å². The average molecular weight is 266 g/mol. The Morgan fingerprint density at radius 2 is 1.79 bits per heavy atom. The van der Waals surface area contributed by atoms with Crippen LogP contribution < -0.4 is 5.73 Å². The molecule has 0 aromatic heterocycles. The van der Waals surface area contributed by atoms with Crippen LogP contribution in [-0.4, -0.2) is 29.6 Å². The molecule has 0 radical (unpaired) electrons. The minimum atomic E-state index is 0.264. The number of likely N-dealkylation sites (N-methyl/N-ethyl adjacent to an activating group) is 1. The van der Waals surface area contributed by atoms with E-state index in [1.165, 1.54) is 51.5 Å². The van der Waals surface area contributed by atoms with E-state index < -0.39 is 0 Å². The predicted molar refractivity (Wildman–Crippen MR) is 83.2 cm³/mol. The first kappa shape index (κ1) is 15.3. The van der Waals surface area contributed by atoms with Gasteiger partial charge in [-0.2, -0.15) is 0 Å². The van der Waals surface area contributed by atoms with Gasteiger partial charge in [-0.1, -0.05) is 47.0 Å². The molecule has 0 spiro atoms. The summed E-state index contributed by atoms with van der Waals surface area (Å²) in [4.78, 5) is 2.81. The Labute approximate surface area is 120 Å². The summed E-state index contributed by atoms with van der Waals surface area (Å²) in [5, 5.41) is 0. The lowest BCUT2D eigenvalue weighted by Gasteiger charge is -2.49. The van der Waals surface area contributed by atoms with Crippen LogP contribution in [0.3, 0.4) is 0 Å². The topological polar surface area (TPSA) is 29.3 Å². The van der Waals surface area contributed by atoms with Crippen LogP contribution in [0, 0.1) is 11.3 Å². The van der Waals surface area contributed by atoms with Gasteiger partial charge in [-0.15, -0.1) is 0 Å². The number of hydrogen-bond donors (Lipinski definition) is 1. The van der Waals surface area contributed by atoms with E-state index in [9.17, 15) is 0 Å². The predicted octanol–water partition coefficient (Wildman–Crippen LogP) is 3.79. The van der Waals surface area contributed by atoms with Crippen LogP contribution in [0.4, 0.5) is 0 Å². The van der Waals surface area contributed by atoms with Crippen LogP contribution in [0.15, 0.2) is 0 Å². The molecule has 0 saturated heterocycles. The molecule has 2 aliphatic rings. The third-order valence-electron chi connectivity index (χ3n) is 5.84. The van der Waals surface area contributed by atoms with Gasteiger partial charge in [-0.05, 0) is 43.6 Å². The monoisotopic (exact) mass is 266 g/mol. The molecule has 2 nitrogen and oxygen atoms in total. The highest BCUT2D eigenvalue weighted by Crippen LogP contribution is 2.51. The molecule has 2 saturated carbocycles. The van der Waals surface area contributed by atoms with Gasteiger partial charge in [0.1, 0.15) is 0 Å². The third-order valence-corrected chi connectivity index (χ3v) is 5.84. The molecule has 0 heterocycles. The summed E-state index contributed by atoms with van der Waals surface area (Å²) in [7, 11) is 0. The van der Waals surface area contributed by atoms with Gasteiger partial charge in [-0.25, -0.2) is 0 Å². The Kier molecular flexibility index (Phi) is 4.62. The van der Waals surface area contributed by atoms with Crippen molar-refractivity contribution < 1.29 is 0 Å². The molecule has 0 aliphatic heterocycles. The molecule has 2 heteroatoms. The van der Waals surface area contributed by atoms with E-state index in [4.69, 9.17) is 5.73 Å². The molecule has 2 fully saturated rings. The quantitative estimate of drug-likeness (QED) is 0.838. The number of nitrogens with zero attached hydrogens (tertiary/aromatic N) is 1. The number of hydrogen-bond acceptors (Lipinski definition) is 2. The van der Waals surface area contributed by atoms with Gasteiger partial charge in [0.15, 0.2) is 0 Å². The van der Waals surface area contributed by atoms with E-state index in [1.807, 2.05) is 0 Å². The molecule has 2 aliphatic carbocycles. The first-order chi connectivity index (χ1) is 8.95. The molecule has 0 aromatic rings. The van der Waals surface area contributed by atoms with Gasteiger partial charge < -0.3 is 5.73 Å². The van der Waals surface area contributed by atoms with Crippen LogP contribution in [0.1, 0.15) is 72.6 Å². The van der Waals surface area contributed by atoms with Crippen molar-refractivity contribution in [2.24, 2.45) is 17.1 Å². The van der Waals surface area contributed by atoms with E-state index in [2.05, 4.69) is 32.6 Å². The minimum absolute atomic E-state index is 0.264. The molecule has 0 bridgehead atoms. The van der Waals surface area contributed by atoms with Crippen molar-refractivity contribution in [3.05, 3.63) is 0 Å². The Balaban J connectivity index is 2.22. The second-order valence-electron chi connectivity index (χ2n) is 7.83. The van der Waals surface area contributed by atoms with E-state index in [-0.39, 0.29) is 5.54 Å². The molecule has 2 rings (SSSR count). The van der Waals surface area contributed by atoms with E-state index in [0.29, 0.717) is 5.41 Å². The van der Waals surface area contributed by atoms with Crippen molar-refractivity contribution in [1.29, 1.82) is 0 Å². The SMILES string of the molecule is CCN(C1CCCCC1)C1(CN)CC(C)(C)CC1C. The Morgan fingerprint density at radius 3 is 2.21 bits per heavy atom. The van der Waals surface area contributed by atoms with Crippen molar-refractivity contribution in [2.75, 3.05) is 13.1 Å². The zero-order valence-corrected chi connectivity index (χ0v) is 13.5. The molecule has 2 N–H and O–H groups in total. The first-order valence-corrected chi connectivity index (χ1v) is 8.42. The first-order valence-electron chi connectivity index (χ1n) is 8.42. The van der Waals surface area contributed by atoms with Crippen molar-refractivity contribution in [3.63, 3.8) is 0 Å². The smallest absolute Gasteiger partial charge is 0.0365 e. The zero-order valence-electron chi connectivity index (χ0n) is 13.5. The van der Waals surface area contributed by atoms with Crippen LogP contribution in [0.2, 0.25) is 0 Å². The molecule has 2 atom stereocenters. The highest BCUT2D eigenvalue weighted by atomic mass is 15.2. The fourth-order valence-electron chi connectivity index (χ4n) is 5.20. The van der Waals surface area contributed by atoms with Crippen molar-refractivity contribution in [1.82, 2.24) is 4.90 Å².